The van der Waals surface area contributed by atoms with Crippen molar-refractivity contribution in [3.8, 4) is 0 Å². The van der Waals surface area contributed by atoms with Gasteiger partial charge in [-0.05, 0) is 6.92 Å². The molecular weight excluding hydrogens is 278 g/mol. The molecule has 20 heavy (non-hydrogen) atoms. The van der Waals surface area contributed by atoms with Crippen molar-refractivity contribution < 1.29 is 0 Å². The van der Waals surface area contributed by atoms with Crippen LogP contribution >= 0.6 is 11.3 Å². The van der Waals surface area contributed by atoms with Gasteiger partial charge in [0, 0.05) is 30.6 Å². The molecule has 0 spiro atoms. The first-order valence-electron chi connectivity index (χ1n) is 6.30. The van der Waals surface area contributed by atoms with E-state index in [1.807, 2.05) is 12.3 Å². The van der Waals surface area contributed by atoms with Crippen molar-refractivity contribution in [3.63, 3.8) is 0 Å². The smallest absolute Gasteiger partial charge is 0.330 e. The second-order valence-corrected chi connectivity index (χ2v) is 5.34. The van der Waals surface area contributed by atoms with E-state index in [4.69, 9.17) is 5.73 Å². The second kappa shape index (κ2) is 5.91. The van der Waals surface area contributed by atoms with Crippen LogP contribution in [0.2, 0.25) is 0 Å². The standard InChI is InChI=1S/C12H17N5O2S/c1-3-17-9(13)8(10(18)16-12(17)19)15-6-7(2)11-14-4-5-20-11/h4-5,7,15H,3,6,13H2,1-2H3,(H,16,18,19). The van der Waals surface area contributed by atoms with Crippen molar-refractivity contribution >= 4 is 22.8 Å². The molecule has 0 fully saturated rings. The molecule has 0 bridgehead atoms. The maximum absolute atomic E-state index is 11.8. The van der Waals surface area contributed by atoms with Crippen LogP contribution in [0.4, 0.5) is 11.5 Å². The highest BCUT2D eigenvalue weighted by Gasteiger charge is 2.13. The number of aromatic nitrogens is 3. The summed E-state index contributed by atoms with van der Waals surface area (Å²) in [5.74, 6) is 0.309. The van der Waals surface area contributed by atoms with Gasteiger partial charge in [0.1, 0.15) is 11.5 Å². The number of hydrogen-bond acceptors (Lipinski definition) is 6. The summed E-state index contributed by atoms with van der Waals surface area (Å²) in [6.07, 6.45) is 1.74. The van der Waals surface area contributed by atoms with Crippen LogP contribution in [0.3, 0.4) is 0 Å². The van der Waals surface area contributed by atoms with Crippen LogP contribution in [0, 0.1) is 0 Å². The van der Waals surface area contributed by atoms with Crippen molar-refractivity contribution in [2.75, 3.05) is 17.6 Å². The van der Waals surface area contributed by atoms with Crippen molar-refractivity contribution in [1.29, 1.82) is 0 Å². The van der Waals surface area contributed by atoms with E-state index in [-0.39, 0.29) is 17.4 Å². The Morgan fingerprint density at radius 1 is 1.55 bits per heavy atom. The van der Waals surface area contributed by atoms with E-state index in [0.29, 0.717) is 13.1 Å². The predicted molar refractivity (Wildman–Crippen MR) is 80.4 cm³/mol. The number of nitrogens with zero attached hydrogens (tertiary/aromatic N) is 2. The lowest BCUT2D eigenvalue weighted by Gasteiger charge is -2.14. The molecule has 2 heterocycles. The molecule has 0 saturated heterocycles. The SMILES string of the molecule is CCn1c(N)c(NCC(C)c2nccs2)c(=O)[nH]c1=O. The van der Waals surface area contributed by atoms with Crippen molar-refractivity contribution in [2.24, 2.45) is 0 Å². The molecule has 0 aliphatic carbocycles. The summed E-state index contributed by atoms with van der Waals surface area (Å²) in [6.45, 7) is 4.71. The first kappa shape index (κ1) is 14.3. The Labute approximate surface area is 119 Å². The van der Waals surface area contributed by atoms with Gasteiger partial charge in [0.2, 0.25) is 0 Å². The zero-order valence-electron chi connectivity index (χ0n) is 11.3. The molecule has 108 valence electrons. The first-order chi connectivity index (χ1) is 9.54. The van der Waals surface area contributed by atoms with Crippen LogP contribution in [-0.4, -0.2) is 21.1 Å². The van der Waals surface area contributed by atoms with E-state index in [2.05, 4.69) is 15.3 Å². The summed E-state index contributed by atoms with van der Waals surface area (Å²) >= 11 is 1.56. The van der Waals surface area contributed by atoms with Gasteiger partial charge in [-0.1, -0.05) is 6.92 Å². The summed E-state index contributed by atoms with van der Waals surface area (Å²) in [5.41, 5.74) is 5.11. The van der Waals surface area contributed by atoms with Crippen molar-refractivity contribution in [3.05, 3.63) is 37.4 Å². The third kappa shape index (κ3) is 2.74. The molecule has 1 unspecified atom stereocenters. The number of nitrogens with two attached hydrogens (primary N) is 1. The summed E-state index contributed by atoms with van der Waals surface area (Å²) in [5, 5.41) is 5.90. The number of aromatic amines is 1. The fourth-order valence-electron chi connectivity index (χ4n) is 1.89. The number of rotatable bonds is 5. The highest BCUT2D eigenvalue weighted by molar-refractivity contribution is 7.09. The van der Waals surface area contributed by atoms with Crippen LogP contribution in [0.25, 0.3) is 0 Å². The molecule has 0 radical (unpaired) electrons. The fourth-order valence-corrected chi connectivity index (χ4v) is 2.59. The van der Waals surface area contributed by atoms with Crippen LogP contribution in [0.15, 0.2) is 21.2 Å². The average Bonchev–Trinajstić information content (AvgIpc) is 2.92. The molecule has 0 aliphatic rings. The minimum Gasteiger partial charge on any atom is -0.383 e. The molecule has 2 aromatic heterocycles. The normalized spacial score (nSPS) is 12.3. The molecule has 2 aromatic rings. The van der Waals surface area contributed by atoms with E-state index >= 15 is 0 Å². The molecule has 0 saturated carbocycles. The van der Waals surface area contributed by atoms with E-state index in [1.54, 1.807) is 24.5 Å². The fraction of sp³-hybridized carbons (Fsp3) is 0.417. The third-order valence-corrected chi connectivity index (χ3v) is 4.02. The summed E-state index contributed by atoms with van der Waals surface area (Å²) in [4.78, 5) is 29.8. The van der Waals surface area contributed by atoms with Gasteiger partial charge in [0.15, 0.2) is 0 Å². The van der Waals surface area contributed by atoms with Crippen LogP contribution in [-0.2, 0) is 6.54 Å². The molecule has 8 heteroatoms. The summed E-state index contributed by atoms with van der Waals surface area (Å²) in [7, 11) is 0. The average molecular weight is 295 g/mol. The maximum Gasteiger partial charge on any atom is 0.330 e. The van der Waals surface area contributed by atoms with E-state index in [1.165, 1.54) is 4.57 Å². The minimum atomic E-state index is -0.497. The number of hydrogen-bond donors (Lipinski definition) is 3. The van der Waals surface area contributed by atoms with E-state index in [9.17, 15) is 9.59 Å². The maximum atomic E-state index is 11.8. The van der Waals surface area contributed by atoms with E-state index in [0.717, 1.165) is 5.01 Å². The topological polar surface area (TPSA) is 106 Å². The Hall–Kier alpha value is -2.09. The van der Waals surface area contributed by atoms with Gasteiger partial charge in [-0.3, -0.25) is 14.3 Å². The number of nitrogen functional groups attached to an aromatic ring is 1. The van der Waals surface area contributed by atoms with Gasteiger partial charge in [-0.25, -0.2) is 9.78 Å². The Morgan fingerprint density at radius 3 is 2.90 bits per heavy atom. The molecule has 0 aliphatic heterocycles. The van der Waals surface area contributed by atoms with Crippen LogP contribution in [0.1, 0.15) is 24.8 Å². The number of thiazole rings is 1. The van der Waals surface area contributed by atoms with E-state index < -0.39 is 11.2 Å². The molecule has 0 aromatic carbocycles. The molecule has 7 nitrogen and oxygen atoms in total. The molecule has 2 rings (SSSR count). The van der Waals surface area contributed by atoms with Gasteiger partial charge in [0.25, 0.3) is 5.56 Å². The van der Waals surface area contributed by atoms with Gasteiger partial charge >= 0.3 is 5.69 Å². The third-order valence-electron chi connectivity index (χ3n) is 3.01. The Kier molecular flexibility index (Phi) is 4.23. The predicted octanol–water partition coefficient (Wildman–Crippen LogP) is 0.811. The molecular formula is C12H17N5O2S. The number of nitrogens with one attached hydrogen (secondary N) is 2. The Bertz CT molecular complexity index is 689. The van der Waals surface area contributed by atoms with Crippen molar-refractivity contribution in [1.82, 2.24) is 14.5 Å². The zero-order valence-corrected chi connectivity index (χ0v) is 12.2. The second-order valence-electron chi connectivity index (χ2n) is 4.42. The summed E-state index contributed by atoms with van der Waals surface area (Å²) in [6, 6.07) is 0. The quantitative estimate of drug-likeness (QED) is 0.757. The summed E-state index contributed by atoms with van der Waals surface area (Å²) < 4.78 is 1.32. The van der Waals surface area contributed by atoms with Crippen LogP contribution < -0.4 is 22.3 Å². The largest absolute Gasteiger partial charge is 0.383 e. The minimum absolute atomic E-state index is 0.149. The number of anilines is 2. The number of H-pyrrole nitrogens is 1. The molecule has 0 amide bonds. The molecule has 1 atom stereocenters. The van der Waals surface area contributed by atoms with Gasteiger partial charge < -0.3 is 11.1 Å². The Balaban J connectivity index is 2.22. The lowest BCUT2D eigenvalue weighted by molar-refractivity contribution is 0.703. The van der Waals surface area contributed by atoms with Crippen LogP contribution in [0.5, 0.6) is 0 Å². The molecule has 4 N–H and O–H groups in total. The lowest BCUT2D eigenvalue weighted by atomic mass is 10.2. The van der Waals surface area contributed by atoms with Crippen molar-refractivity contribution in [2.45, 2.75) is 26.3 Å². The van der Waals surface area contributed by atoms with Gasteiger partial charge in [-0.2, -0.15) is 0 Å². The highest BCUT2D eigenvalue weighted by atomic mass is 32.1. The van der Waals surface area contributed by atoms with Gasteiger partial charge in [0.05, 0.1) is 5.01 Å². The highest BCUT2D eigenvalue weighted by Crippen LogP contribution is 2.19. The zero-order chi connectivity index (χ0) is 14.7. The van der Waals surface area contributed by atoms with Gasteiger partial charge in [-0.15, -0.1) is 11.3 Å². The first-order valence-corrected chi connectivity index (χ1v) is 7.18. The Morgan fingerprint density at radius 2 is 2.30 bits per heavy atom. The monoisotopic (exact) mass is 295 g/mol. The lowest BCUT2D eigenvalue weighted by Crippen LogP contribution is -2.34.